The number of aryl methyl sites for hydroxylation is 1. The molecule has 0 fully saturated rings. The Hall–Kier alpha value is -0.220. The summed E-state index contributed by atoms with van der Waals surface area (Å²) < 4.78 is 2.54. The van der Waals surface area contributed by atoms with E-state index in [0.717, 1.165) is 24.4 Å². The minimum absolute atomic E-state index is 0.126. The van der Waals surface area contributed by atoms with Crippen LogP contribution in [0.1, 0.15) is 24.1 Å². The molecule has 0 spiro atoms. The highest BCUT2D eigenvalue weighted by atomic mass is 79.9. The van der Waals surface area contributed by atoms with Gasteiger partial charge in [-0.1, -0.05) is 39.1 Å². The summed E-state index contributed by atoms with van der Waals surface area (Å²) in [5, 5.41) is 3.45. The number of thiophene rings is 1. The minimum Gasteiger partial charge on any atom is -0.378 e. The molecule has 0 aliphatic heterocycles. The third kappa shape index (κ3) is 3.21. The van der Waals surface area contributed by atoms with Gasteiger partial charge in [0.1, 0.15) is 0 Å². The van der Waals surface area contributed by atoms with E-state index in [-0.39, 0.29) is 6.04 Å². The fraction of sp³-hybridized carbons (Fsp3) is 0.231. The molecule has 0 aliphatic carbocycles. The maximum absolute atomic E-state index is 6.16. The number of benzene rings is 1. The van der Waals surface area contributed by atoms with Crippen molar-refractivity contribution in [1.29, 1.82) is 0 Å². The van der Waals surface area contributed by atoms with Gasteiger partial charge in [0.25, 0.3) is 0 Å². The highest BCUT2D eigenvalue weighted by Crippen LogP contribution is 2.36. The Labute approximate surface area is 129 Å². The summed E-state index contributed by atoms with van der Waals surface area (Å²) in [6.07, 6.45) is 0. The first-order valence-electron chi connectivity index (χ1n) is 5.45. The van der Waals surface area contributed by atoms with Crippen molar-refractivity contribution in [3.63, 3.8) is 0 Å². The molecule has 2 rings (SSSR count). The zero-order chi connectivity index (χ0) is 13.3. The van der Waals surface area contributed by atoms with E-state index in [1.807, 2.05) is 12.1 Å². The second-order valence-electron chi connectivity index (χ2n) is 4.10. The molecule has 0 saturated carbocycles. The lowest BCUT2D eigenvalue weighted by atomic mass is 10.1. The Kier molecular flexibility index (Phi) is 4.59. The first-order valence-corrected chi connectivity index (χ1v) is 7.81. The van der Waals surface area contributed by atoms with E-state index in [2.05, 4.69) is 47.2 Å². The molecule has 1 unspecified atom stereocenters. The van der Waals surface area contributed by atoms with Crippen molar-refractivity contribution in [3.05, 3.63) is 48.5 Å². The van der Waals surface area contributed by atoms with Gasteiger partial charge < -0.3 is 5.32 Å². The lowest BCUT2D eigenvalue weighted by Gasteiger charge is -2.16. The predicted octanol–water partition coefficient (Wildman–Crippen LogP) is 6.30. The lowest BCUT2D eigenvalue weighted by molar-refractivity contribution is 0.888. The van der Waals surface area contributed by atoms with Crippen molar-refractivity contribution in [1.82, 2.24) is 0 Å². The number of halogens is 3. The van der Waals surface area contributed by atoms with E-state index in [4.69, 9.17) is 23.2 Å². The van der Waals surface area contributed by atoms with Crippen molar-refractivity contribution in [2.75, 3.05) is 5.32 Å². The molecule has 0 amide bonds. The summed E-state index contributed by atoms with van der Waals surface area (Å²) in [7, 11) is 0. The molecule has 0 bridgehead atoms. The summed E-state index contributed by atoms with van der Waals surface area (Å²) in [4.78, 5) is 0. The fourth-order valence-corrected chi connectivity index (χ4v) is 3.87. The van der Waals surface area contributed by atoms with Crippen LogP contribution < -0.4 is 5.32 Å². The predicted molar refractivity (Wildman–Crippen MR) is 85.3 cm³/mol. The number of hydrogen-bond acceptors (Lipinski definition) is 2. The Bertz CT molecular complexity index is 568. The molecule has 0 radical (unpaired) electrons. The van der Waals surface area contributed by atoms with Crippen LogP contribution in [0.3, 0.4) is 0 Å². The molecule has 1 aromatic carbocycles. The van der Waals surface area contributed by atoms with Crippen molar-refractivity contribution in [2.45, 2.75) is 19.9 Å². The van der Waals surface area contributed by atoms with Crippen LogP contribution in [-0.4, -0.2) is 0 Å². The Morgan fingerprint density at radius 2 is 2.00 bits per heavy atom. The molecule has 1 heterocycles. The molecule has 0 saturated heterocycles. The normalized spacial score (nSPS) is 12.5. The molecule has 1 atom stereocenters. The maximum atomic E-state index is 6.16. The third-order valence-corrected chi connectivity index (χ3v) is 4.72. The number of hydrogen-bond donors (Lipinski definition) is 1. The molecule has 1 nitrogen and oxygen atoms in total. The first-order chi connectivity index (χ1) is 8.47. The molecular formula is C13H12BrCl2NS. The molecule has 0 aliphatic rings. The van der Waals surface area contributed by atoms with Gasteiger partial charge in [0.05, 0.1) is 14.7 Å². The van der Waals surface area contributed by atoms with Crippen molar-refractivity contribution in [3.8, 4) is 0 Å². The van der Waals surface area contributed by atoms with Gasteiger partial charge in [-0.2, -0.15) is 0 Å². The summed E-state index contributed by atoms with van der Waals surface area (Å²) in [6.45, 7) is 4.15. The van der Waals surface area contributed by atoms with Gasteiger partial charge in [-0.3, -0.25) is 0 Å². The van der Waals surface area contributed by atoms with Crippen LogP contribution in [0.15, 0.2) is 28.7 Å². The maximum Gasteiger partial charge on any atom is 0.0996 e. The highest BCUT2D eigenvalue weighted by molar-refractivity contribution is 9.10. The van der Waals surface area contributed by atoms with Gasteiger partial charge in [0.15, 0.2) is 0 Å². The van der Waals surface area contributed by atoms with E-state index < -0.39 is 0 Å². The fourth-order valence-electron chi connectivity index (χ4n) is 1.75. The van der Waals surface area contributed by atoms with Gasteiger partial charge in [-0.25, -0.2) is 0 Å². The van der Waals surface area contributed by atoms with Crippen LogP contribution in [0.4, 0.5) is 5.69 Å². The minimum atomic E-state index is 0.126. The smallest absolute Gasteiger partial charge is 0.0996 e. The van der Waals surface area contributed by atoms with Crippen molar-refractivity contribution >= 4 is 56.2 Å². The van der Waals surface area contributed by atoms with Crippen LogP contribution >= 0.6 is 50.5 Å². The highest BCUT2D eigenvalue weighted by Gasteiger charge is 2.13. The van der Waals surface area contributed by atoms with Crippen molar-refractivity contribution in [2.24, 2.45) is 0 Å². The third-order valence-electron chi connectivity index (χ3n) is 2.71. The standard InChI is InChI=1S/C13H12BrCl2NS/c1-7-5-9(14)3-4-11(7)17-8(2)10-6-12(15)18-13(10)16/h3-6,8,17H,1-2H3. The number of nitrogens with one attached hydrogen (secondary N) is 1. The van der Waals surface area contributed by atoms with Gasteiger partial charge in [0, 0.05) is 15.7 Å². The summed E-state index contributed by atoms with van der Waals surface area (Å²) in [6, 6.07) is 8.20. The number of rotatable bonds is 3. The van der Waals surface area contributed by atoms with E-state index in [1.54, 1.807) is 0 Å². The van der Waals surface area contributed by atoms with Crippen molar-refractivity contribution < 1.29 is 0 Å². The lowest BCUT2D eigenvalue weighted by Crippen LogP contribution is -2.07. The molecule has 18 heavy (non-hydrogen) atoms. The van der Waals surface area contributed by atoms with Crippen LogP contribution in [0.25, 0.3) is 0 Å². The number of anilines is 1. The summed E-state index contributed by atoms with van der Waals surface area (Å²) in [5.41, 5.74) is 3.33. The quantitative estimate of drug-likeness (QED) is 0.673. The second-order valence-corrected chi connectivity index (χ2v) is 7.31. The van der Waals surface area contributed by atoms with Gasteiger partial charge >= 0.3 is 0 Å². The van der Waals surface area contributed by atoms with Crippen LogP contribution in [0.2, 0.25) is 8.67 Å². The van der Waals surface area contributed by atoms with E-state index in [0.29, 0.717) is 0 Å². The van der Waals surface area contributed by atoms with Crippen LogP contribution in [0.5, 0.6) is 0 Å². The molecule has 5 heteroatoms. The zero-order valence-electron chi connectivity index (χ0n) is 9.93. The Balaban J connectivity index is 2.21. The van der Waals surface area contributed by atoms with Gasteiger partial charge in [0.2, 0.25) is 0 Å². The summed E-state index contributed by atoms with van der Waals surface area (Å²) in [5.74, 6) is 0. The molecule has 1 aromatic heterocycles. The Morgan fingerprint density at radius 1 is 1.28 bits per heavy atom. The summed E-state index contributed by atoms with van der Waals surface area (Å²) >= 11 is 17.0. The van der Waals surface area contributed by atoms with E-state index in [1.165, 1.54) is 16.9 Å². The molecule has 1 N–H and O–H groups in total. The van der Waals surface area contributed by atoms with E-state index >= 15 is 0 Å². The first kappa shape index (κ1) is 14.2. The van der Waals surface area contributed by atoms with E-state index in [9.17, 15) is 0 Å². The van der Waals surface area contributed by atoms with Gasteiger partial charge in [-0.05, 0) is 43.7 Å². The van der Waals surface area contributed by atoms with Crippen LogP contribution in [0, 0.1) is 6.92 Å². The van der Waals surface area contributed by atoms with Crippen LogP contribution in [-0.2, 0) is 0 Å². The Morgan fingerprint density at radius 3 is 2.56 bits per heavy atom. The SMILES string of the molecule is Cc1cc(Br)ccc1NC(C)c1cc(Cl)sc1Cl. The van der Waals surface area contributed by atoms with Gasteiger partial charge in [-0.15, -0.1) is 11.3 Å². The average Bonchev–Trinajstić information content (AvgIpc) is 2.62. The largest absolute Gasteiger partial charge is 0.378 e. The zero-order valence-corrected chi connectivity index (χ0v) is 13.8. The second kappa shape index (κ2) is 5.83. The average molecular weight is 365 g/mol. The monoisotopic (exact) mass is 363 g/mol. The topological polar surface area (TPSA) is 12.0 Å². The molecule has 2 aromatic rings. The molecular weight excluding hydrogens is 353 g/mol. The molecule has 96 valence electrons.